The maximum atomic E-state index is 11.4. The van der Waals surface area contributed by atoms with Crippen molar-refractivity contribution in [3.05, 3.63) is 24.0 Å². The maximum Gasteiger partial charge on any atom is 0.217 e. The first-order valence-corrected chi connectivity index (χ1v) is 4.82. The number of aryl methyl sites for hydroxylation is 1. The van der Waals surface area contributed by atoms with E-state index >= 15 is 0 Å². The maximum absolute atomic E-state index is 11.4. The standard InChI is InChI=1S/C8H11NO2S/c1-9-5-3-4-6(9)7(10)8(11)12-2/h3-5,8,11H,1-2H3. The van der Waals surface area contributed by atoms with E-state index in [9.17, 15) is 9.90 Å². The molecule has 1 unspecified atom stereocenters. The molecule has 0 aliphatic rings. The average Bonchev–Trinajstić information content (AvgIpc) is 2.48. The van der Waals surface area contributed by atoms with Crippen molar-refractivity contribution in [1.29, 1.82) is 0 Å². The topological polar surface area (TPSA) is 42.2 Å². The van der Waals surface area contributed by atoms with Crippen LogP contribution in [0.4, 0.5) is 0 Å². The third kappa shape index (κ3) is 1.70. The number of carbonyl (C=O) groups excluding carboxylic acids is 1. The van der Waals surface area contributed by atoms with E-state index in [-0.39, 0.29) is 5.78 Å². The third-order valence-corrected chi connectivity index (χ3v) is 2.30. The van der Waals surface area contributed by atoms with Gasteiger partial charge in [-0.2, -0.15) is 0 Å². The van der Waals surface area contributed by atoms with Crippen molar-refractivity contribution in [3.63, 3.8) is 0 Å². The van der Waals surface area contributed by atoms with Crippen LogP contribution in [0.1, 0.15) is 10.5 Å². The van der Waals surface area contributed by atoms with Gasteiger partial charge in [-0.15, -0.1) is 11.8 Å². The Balaban J connectivity index is 2.85. The van der Waals surface area contributed by atoms with E-state index in [1.807, 2.05) is 0 Å². The summed E-state index contributed by atoms with van der Waals surface area (Å²) >= 11 is 1.13. The highest BCUT2D eigenvalue weighted by Crippen LogP contribution is 2.11. The van der Waals surface area contributed by atoms with Crippen molar-refractivity contribution >= 4 is 17.5 Å². The van der Waals surface area contributed by atoms with E-state index in [1.165, 1.54) is 0 Å². The van der Waals surface area contributed by atoms with Crippen molar-refractivity contribution in [2.75, 3.05) is 6.26 Å². The van der Waals surface area contributed by atoms with Gasteiger partial charge in [0.25, 0.3) is 0 Å². The van der Waals surface area contributed by atoms with Crippen LogP contribution in [0.2, 0.25) is 0 Å². The van der Waals surface area contributed by atoms with Gasteiger partial charge in [0.2, 0.25) is 5.78 Å². The van der Waals surface area contributed by atoms with E-state index < -0.39 is 5.44 Å². The van der Waals surface area contributed by atoms with Crippen LogP contribution < -0.4 is 0 Å². The first-order chi connectivity index (χ1) is 5.66. The molecule has 1 rings (SSSR count). The van der Waals surface area contributed by atoms with Crippen LogP contribution in [-0.2, 0) is 7.05 Å². The highest BCUT2D eigenvalue weighted by Gasteiger charge is 2.17. The molecule has 12 heavy (non-hydrogen) atoms. The van der Waals surface area contributed by atoms with Crippen LogP contribution in [0.5, 0.6) is 0 Å². The Hall–Kier alpha value is -0.740. The zero-order valence-electron chi connectivity index (χ0n) is 7.02. The summed E-state index contributed by atoms with van der Waals surface area (Å²) in [5, 5.41) is 9.22. The molecule has 0 radical (unpaired) electrons. The van der Waals surface area contributed by atoms with Gasteiger partial charge in [-0.05, 0) is 18.4 Å². The molecule has 4 heteroatoms. The molecule has 0 bridgehead atoms. The Labute approximate surface area is 75.4 Å². The van der Waals surface area contributed by atoms with Crippen molar-refractivity contribution < 1.29 is 9.90 Å². The number of aliphatic hydroxyl groups excluding tert-OH is 1. The van der Waals surface area contributed by atoms with Crippen LogP contribution in [0.25, 0.3) is 0 Å². The Morgan fingerprint density at radius 3 is 2.83 bits per heavy atom. The van der Waals surface area contributed by atoms with Crippen molar-refractivity contribution in [2.24, 2.45) is 7.05 Å². The van der Waals surface area contributed by atoms with Gasteiger partial charge in [0.05, 0.1) is 5.69 Å². The second kappa shape index (κ2) is 3.78. The van der Waals surface area contributed by atoms with Gasteiger partial charge in [0.15, 0.2) is 5.44 Å². The Bertz CT molecular complexity index is 282. The zero-order chi connectivity index (χ0) is 9.14. The predicted octanol–water partition coefficient (Wildman–Crippen LogP) is 0.889. The van der Waals surface area contributed by atoms with Crippen LogP contribution in [0.15, 0.2) is 18.3 Å². The lowest BCUT2D eigenvalue weighted by Crippen LogP contribution is -2.18. The van der Waals surface area contributed by atoms with E-state index in [0.717, 1.165) is 11.8 Å². The lowest BCUT2D eigenvalue weighted by atomic mass is 10.3. The Morgan fingerprint density at radius 2 is 2.42 bits per heavy atom. The summed E-state index contributed by atoms with van der Waals surface area (Å²) in [6, 6.07) is 3.47. The number of thioether (sulfide) groups is 1. The summed E-state index contributed by atoms with van der Waals surface area (Å²) in [6.07, 6.45) is 3.48. The minimum absolute atomic E-state index is 0.241. The number of carbonyl (C=O) groups is 1. The minimum Gasteiger partial charge on any atom is -0.374 e. The number of rotatable bonds is 3. The zero-order valence-corrected chi connectivity index (χ0v) is 7.84. The van der Waals surface area contributed by atoms with Gasteiger partial charge in [-0.1, -0.05) is 0 Å². The molecule has 66 valence electrons. The molecular weight excluding hydrogens is 174 g/mol. The SMILES string of the molecule is CSC(O)C(=O)c1cccn1C. The molecule has 1 heterocycles. The number of aromatic nitrogens is 1. The van der Waals surface area contributed by atoms with Gasteiger partial charge in [-0.25, -0.2) is 0 Å². The lowest BCUT2D eigenvalue weighted by Gasteiger charge is -2.06. The largest absolute Gasteiger partial charge is 0.374 e. The summed E-state index contributed by atoms with van der Waals surface area (Å²) in [5.41, 5.74) is -0.407. The molecule has 0 spiro atoms. The highest BCUT2D eigenvalue weighted by molar-refractivity contribution is 7.99. The van der Waals surface area contributed by atoms with Gasteiger partial charge in [0, 0.05) is 13.2 Å². The fourth-order valence-electron chi connectivity index (χ4n) is 0.951. The second-order valence-electron chi connectivity index (χ2n) is 2.46. The molecule has 1 atom stereocenters. The van der Waals surface area contributed by atoms with E-state index in [4.69, 9.17) is 0 Å². The van der Waals surface area contributed by atoms with E-state index in [0.29, 0.717) is 5.69 Å². The van der Waals surface area contributed by atoms with E-state index in [1.54, 1.807) is 36.2 Å². The van der Waals surface area contributed by atoms with Crippen LogP contribution in [0.3, 0.4) is 0 Å². The fraction of sp³-hybridized carbons (Fsp3) is 0.375. The van der Waals surface area contributed by atoms with Crippen molar-refractivity contribution in [2.45, 2.75) is 5.44 Å². The third-order valence-electron chi connectivity index (χ3n) is 1.64. The Kier molecular flexibility index (Phi) is 2.94. The van der Waals surface area contributed by atoms with E-state index in [2.05, 4.69) is 0 Å². The van der Waals surface area contributed by atoms with Crippen molar-refractivity contribution in [3.8, 4) is 0 Å². The molecule has 0 fully saturated rings. The van der Waals surface area contributed by atoms with Gasteiger partial charge in [-0.3, -0.25) is 4.79 Å². The number of hydrogen-bond donors (Lipinski definition) is 1. The molecule has 3 nitrogen and oxygen atoms in total. The molecule has 0 amide bonds. The minimum atomic E-state index is -0.946. The van der Waals surface area contributed by atoms with Crippen molar-refractivity contribution in [1.82, 2.24) is 4.57 Å². The second-order valence-corrected chi connectivity index (χ2v) is 3.37. The summed E-state index contributed by atoms with van der Waals surface area (Å²) < 4.78 is 1.70. The molecule has 1 aromatic heterocycles. The first-order valence-electron chi connectivity index (χ1n) is 3.53. The molecule has 1 N–H and O–H groups in total. The van der Waals surface area contributed by atoms with Gasteiger partial charge >= 0.3 is 0 Å². The normalized spacial score (nSPS) is 12.9. The smallest absolute Gasteiger partial charge is 0.217 e. The van der Waals surface area contributed by atoms with Crippen LogP contribution in [-0.4, -0.2) is 27.1 Å². The predicted molar refractivity (Wildman–Crippen MR) is 49.3 cm³/mol. The number of Topliss-reactive ketones (excluding diaryl/α,β-unsaturated/α-hetero) is 1. The number of aliphatic hydroxyl groups is 1. The molecule has 0 saturated carbocycles. The highest BCUT2D eigenvalue weighted by atomic mass is 32.2. The van der Waals surface area contributed by atoms with Crippen LogP contribution >= 0.6 is 11.8 Å². The molecule has 0 saturated heterocycles. The van der Waals surface area contributed by atoms with Gasteiger partial charge in [0.1, 0.15) is 0 Å². The lowest BCUT2D eigenvalue weighted by molar-refractivity contribution is 0.0860. The quantitative estimate of drug-likeness (QED) is 0.561. The molecule has 0 aliphatic carbocycles. The molecule has 1 aromatic rings. The fourth-order valence-corrected chi connectivity index (χ4v) is 1.29. The van der Waals surface area contributed by atoms with Crippen LogP contribution in [0, 0.1) is 0 Å². The summed E-state index contributed by atoms with van der Waals surface area (Å²) in [7, 11) is 1.78. The summed E-state index contributed by atoms with van der Waals surface area (Å²) in [5.74, 6) is -0.241. The summed E-state index contributed by atoms with van der Waals surface area (Å²) in [4.78, 5) is 11.4. The van der Waals surface area contributed by atoms with Gasteiger partial charge < -0.3 is 9.67 Å². The molecule has 0 aromatic carbocycles. The monoisotopic (exact) mass is 185 g/mol. The Morgan fingerprint density at radius 1 is 1.75 bits per heavy atom. The average molecular weight is 185 g/mol. The molecular formula is C8H11NO2S. The summed E-state index contributed by atoms with van der Waals surface area (Å²) in [6.45, 7) is 0. The molecule has 0 aliphatic heterocycles. The number of hydrogen-bond acceptors (Lipinski definition) is 3. The number of nitrogens with zero attached hydrogens (tertiary/aromatic N) is 1. The number of ketones is 1. The first kappa shape index (κ1) is 9.35.